The van der Waals surface area contributed by atoms with Crippen molar-refractivity contribution in [2.75, 3.05) is 53.4 Å². The third-order valence-corrected chi connectivity index (χ3v) is 4.13. The van der Waals surface area contributed by atoms with Crippen LogP contribution in [-0.2, 0) is 0 Å². The van der Waals surface area contributed by atoms with Crippen molar-refractivity contribution < 1.29 is 0 Å². The number of likely N-dealkylation sites (N-methyl/N-ethyl adjacent to an activating group) is 1. The summed E-state index contributed by atoms with van der Waals surface area (Å²) in [5, 5.41) is 0. The van der Waals surface area contributed by atoms with Gasteiger partial charge in [0.05, 0.1) is 10.5 Å². The van der Waals surface area contributed by atoms with Crippen LogP contribution in [0, 0.1) is 0 Å². The molecule has 17 heavy (non-hydrogen) atoms. The van der Waals surface area contributed by atoms with Gasteiger partial charge >= 0.3 is 0 Å². The van der Waals surface area contributed by atoms with E-state index in [2.05, 4.69) is 42.6 Å². The highest BCUT2D eigenvalue weighted by molar-refractivity contribution is 7.80. The van der Waals surface area contributed by atoms with E-state index in [1.807, 2.05) is 0 Å². The van der Waals surface area contributed by atoms with Crippen LogP contribution in [0.15, 0.2) is 0 Å². The smallest absolute Gasteiger partial charge is 0.0928 e. The molecule has 100 valence electrons. The highest BCUT2D eigenvalue weighted by atomic mass is 32.1. The first-order valence-electron chi connectivity index (χ1n) is 6.26. The van der Waals surface area contributed by atoms with Crippen molar-refractivity contribution in [3.05, 3.63) is 0 Å². The van der Waals surface area contributed by atoms with Crippen LogP contribution < -0.4 is 5.73 Å². The molecule has 0 saturated carbocycles. The minimum atomic E-state index is -0.150. The molecule has 2 N–H and O–H groups in total. The summed E-state index contributed by atoms with van der Waals surface area (Å²) >= 11 is 5.14. The van der Waals surface area contributed by atoms with E-state index in [1.54, 1.807) is 0 Å². The average molecular weight is 258 g/mol. The monoisotopic (exact) mass is 258 g/mol. The van der Waals surface area contributed by atoms with Gasteiger partial charge in [-0.3, -0.25) is 9.80 Å². The van der Waals surface area contributed by atoms with Gasteiger partial charge in [0.25, 0.3) is 0 Å². The summed E-state index contributed by atoms with van der Waals surface area (Å²) in [4.78, 5) is 7.72. The molecule has 1 fully saturated rings. The lowest BCUT2D eigenvalue weighted by atomic mass is 10.0. The number of thiocarbonyl (C=S) groups is 1. The Bertz CT molecular complexity index is 257. The molecule has 1 heterocycles. The molecule has 0 aromatic rings. The quantitative estimate of drug-likeness (QED) is 0.714. The molecular formula is C12H26N4S. The topological polar surface area (TPSA) is 35.7 Å². The average Bonchev–Trinajstić information content (AvgIpc) is 2.26. The molecule has 4 nitrogen and oxygen atoms in total. The maximum absolute atomic E-state index is 5.80. The van der Waals surface area contributed by atoms with Gasteiger partial charge in [0.15, 0.2) is 0 Å². The minimum Gasteiger partial charge on any atom is -0.392 e. The lowest BCUT2D eigenvalue weighted by Crippen LogP contribution is -2.59. The second-order valence-corrected chi connectivity index (χ2v) is 6.00. The summed E-state index contributed by atoms with van der Waals surface area (Å²) in [7, 11) is 4.23. The Hall–Kier alpha value is -0.230. The Kier molecular flexibility index (Phi) is 5.31. The molecule has 0 radical (unpaired) electrons. The van der Waals surface area contributed by atoms with Crippen molar-refractivity contribution in [2.45, 2.75) is 19.4 Å². The first-order chi connectivity index (χ1) is 7.84. The molecule has 0 amide bonds. The molecule has 0 atom stereocenters. The number of rotatable bonds is 5. The third-order valence-electron chi connectivity index (χ3n) is 3.63. The normalized spacial score (nSPS) is 19.8. The maximum Gasteiger partial charge on any atom is 0.0928 e. The highest BCUT2D eigenvalue weighted by Crippen LogP contribution is 2.17. The number of piperazine rings is 1. The van der Waals surface area contributed by atoms with E-state index in [1.165, 1.54) is 0 Å². The van der Waals surface area contributed by atoms with E-state index in [4.69, 9.17) is 18.0 Å². The summed E-state index contributed by atoms with van der Waals surface area (Å²) in [6.07, 6.45) is 0. The number of hydrogen-bond acceptors (Lipinski definition) is 4. The van der Waals surface area contributed by atoms with E-state index < -0.39 is 0 Å². The van der Waals surface area contributed by atoms with Crippen molar-refractivity contribution >= 4 is 17.2 Å². The van der Waals surface area contributed by atoms with Crippen LogP contribution in [0.3, 0.4) is 0 Å². The number of hydrogen-bond donors (Lipinski definition) is 1. The SMILES string of the molecule is CN(C)CCN1CCN(C(C)(C)C(N)=S)CC1. The van der Waals surface area contributed by atoms with Gasteiger partial charge in [0.2, 0.25) is 0 Å². The first-order valence-corrected chi connectivity index (χ1v) is 6.67. The molecule has 1 aliphatic rings. The lowest BCUT2D eigenvalue weighted by Gasteiger charge is -2.43. The Morgan fingerprint density at radius 3 is 2.18 bits per heavy atom. The Balaban J connectivity index is 2.38. The molecular weight excluding hydrogens is 232 g/mol. The Labute approximate surface area is 111 Å². The molecule has 0 spiro atoms. The van der Waals surface area contributed by atoms with Crippen LogP contribution in [0.5, 0.6) is 0 Å². The van der Waals surface area contributed by atoms with E-state index >= 15 is 0 Å². The zero-order chi connectivity index (χ0) is 13.1. The summed E-state index contributed by atoms with van der Waals surface area (Å²) < 4.78 is 0. The van der Waals surface area contributed by atoms with E-state index in [0.717, 1.165) is 39.3 Å². The van der Waals surface area contributed by atoms with E-state index in [-0.39, 0.29) is 5.54 Å². The fourth-order valence-electron chi connectivity index (χ4n) is 2.03. The van der Waals surface area contributed by atoms with Gasteiger partial charge in [-0.2, -0.15) is 0 Å². The molecule has 0 aliphatic carbocycles. The van der Waals surface area contributed by atoms with E-state index in [0.29, 0.717) is 4.99 Å². The highest BCUT2D eigenvalue weighted by Gasteiger charge is 2.31. The van der Waals surface area contributed by atoms with Crippen molar-refractivity contribution in [3.8, 4) is 0 Å². The molecule has 0 aromatic heterocycles. The van der Waals surface area contributed by atoms with E-state index in [9.17, 15) is 0 Å². The van der Waals surface area contributed by atoms with Gasteiger partial charge in [0, 0.05) is 39.3 Å². The molecule has 0 bridgehead atoms. The van der Waals surface area contributed by atoms with Gasteiger partial charge in [-0.25, -0.2) is 0 Å². The predicted molar refractivity (Wildman–Crippen MR) is 77.4 cm³/mol. The standard InChI is InChI=1S/C12H26N4S/c1-12(2,11(13)17)16-9-7-15(8-10-16)6-5-14(3)4/h5-10H2,1-4H3,(H2,13,17). The van der Waals surface area contributed by atoms with Gasteiger partial charge in [-0.1, -0.05) is 12.2 Å². The molecule has 0 aromatic carbocycles. The lowest BCUT2D eigenvalue weighted by molar-refractivity contribution is 0.0823. The summed E-state index contributed by atoms with van der Waals surface area (Å²) in [5.74, 6) is 0. The molecule has 0 unspecified atom stereocenters. The van der Waals surface area contributed by atoms with Crippen molar-refractivity contribution in [3.63, 3.8) is 0 Å². The predicted octanol–water partition coefficient (Wildman–Crippen LogP) is 0.230. The fourth-order valence-corrected chi connectivity index (χ4v) is 2.16. The summed E-state index contributed by atoms with van der Waals surface area (Å²) in [6, 6.07) is 0. The minimum absolute atomic E-state index is 0.150. The maximum atomic E-state index is 5.80. The molecule has 1 aliphatic heterocycles. The fraction of sp³-hybridized carbons (Fsp3) is 0.917. The number of nitrogens with zero attached hydrogens (tertiary/aromatic N) is 3. The molecule has 1 saturated heterocycles. The Morgan fingerprint density at radius 2 is 1.76 bits per heavy atom. The summed E-state index contributed by atoms with van der Waals surface area (Å²) in [6.45, 7) is 10.8. The Morgan fingerprint density at radius 1 is 1.24 bits per heavy atom. The van der Waals surface area contributed by atoms with Crippen LogP contribution in [0.1, 0.15) is 13.8 Å². The van der Waals surface area contributed by atoms with Crippen LogP contribution in [0.4, 0.5) is 0 Å². The van der Waals surface area contributed by atoms with Crippen LogP contribution in [0.2, 0.25) is 0 Å². The zero-order valence-electron chi connectivity index (χ0n) is 11.6. The summed E-state index contributed by atoms with van der Waals surface area (Å²) in [5.41, 5.74) is 5.65. The van der Waals surface area contributed by atoms with Crippen LogP contribution in [0.25, 0.3) is 0 Å². The van der Waals surface area contributed by atoms with Crippen molar-refractivity contribution in [1.29, 1.82) is 0 Å². The van der Waals surface area contributed by atoms with Gasteiger partial charge in [0.1, 0.15) is 0 Å². The van der Waals surface area contributed by atoms with Crippen LogP contribution in [-0.4, -0.2) is 78.6 Å². The largest absolute Gasteiger partial charge is 0.392 e. The van der Waals surface area contributed by atoms with Crippen molar-refractivity contribution in [2.24, 2.45) is 5.73 Å². The number of nitrogens with two attached hydrogens (primary N) is 1. The van der Waals surface area contributed by atoms with Gasteiger partial charge in [-0.15, -0.1) is 0 Å². The van der Waals surface area contributed by atoms with Gasteiger partial charge < -0.3 is 10.6 Å². The van der Waals surface area contributed by atoms with Crippen LogP contribution >= 0.6 is 12.2 Å². The third kappa shape index (κ3) is 4.17. The second-order valence-electron chi connectivity index (χ2n) is 5.56. The second kappa shape index (κ2) is 6.09. The van der Waals surface area contributed by atoms with Gasteiger partial charge in [-0.05, 0) is 27.9 Å². The zero-order valence-corrected chi connectivity index (χ0v) is 12.4. The first kappa shape index (κ1) is 14.8. The molecule has 1 rings (SSSR count). The van der Waals surface area contributed by atoms with Crippen molar-refractivity contribution in [1.82, 2.24) is 14.7 Å². The molecule has 5 heteroatoms.